The molecule has 1 N–H and O–H groups in total. The molecule has 0 bridgehead atoms. The summed E-state index contributed by atoms with van der Waals surface area (Å²) in [6.07, 6.45) is 1.47. The minimum Gasteiger partial charge on any atom is -0.266 e. The van der Waals surface area contributed by atoms with Crippen LogP contribution < -0.4 is 4.72 Å². The first kappa shape index (κ1) is 12.7. The topological polar surface area (TPSA) is 81.1 Å². The van der Waals surface area contributed by atoms with Crippen LogP contribution in [0.15, 0.2) is 12.3 Å². The van der Waals surface area contributed by atoms with Crippen molar-refractivity contribution in [3.63, 3.8) is 0 Å². The predicted octanol–water partition coefficient (Wildman–Crippen LogP) is 0.543. The molecule has 6 nitrogen and oxygen atoms in total. The van der Waals surface area contributed by atoms with Crippen LogP contribution in [0.2, 0.25) is 0 Å². The molecule has 16 heavy (non-hydrogen) atoms. The van der Waals surface area contributed by atoms with Gasteiger partial charge in [0.25, 0.3) is 5.91 Å². The van der Waals surface area contributed by atoms with Gasteiger partial charge in [-0.2, -0.15) is 5.10 Å². The second-order valence-electron chi connectivity index (χ2n) is 3.59. The number of aromatic nitrogens is 2. The lowest BCUT2D eigenvalue weighted by atomic mass is 10.3. The highest BCUT2D eigenvalue weighted by atomic mass is 32.2. The number of sulfonamides is 1. The predicted molar refractivity (Wildman–Crippen MR) is 59.5 cm³/mol. The Hall–Kier alpha value is -1.37. The second-order valence-corrected chi connectivity index (χ2v) is 5.60. The van der Waals surface area contributed by atoms with Crippen molar-refractivity contribution in [2.24, 2.45) is 0 Å². The van der Waals surface area contributed by atoms with E-state index in [1.807, 2.05) is 18.6 Å². The van der Waals surface area contributed by atoms with Crippen LogP contribution in [0, 0.1) is 0 Å². The summed E-state index contributed by atoms with van der Waals surface area (Å²) in [5.41, 5.74) is 0.243. The van der Waals surface area contributed by atoms with Crippen molar-refractivity contribution in [3.8, 4) is 0 Å². The second kappa shape index (κ2) is 4.65. The Labute approximate surface area is 94.7 Å². The molecule has 1 aromatic heterocycles. The molecule has 0 atom stereocenters. The fourth-order valence-corrected chi connectivity index (χ4v) is 1.70. The molecule has 0 aromatic carbocycles. The van der Waals surface area contributed by atoms with Gasteiger partial charge in [0.05, 0.1) is 5.75 Å². The van der Waals surface area contributed by atoms with E-state index in [1.165, 1.54) is 23.9 Å². The van der Waals surface area contributed by atoms with Gasteiger partial charge in [-0.3, -0.25) is 9.48 Å². The van der Waals surface area contributed by atoms with Crippen molar-refractivity contribution in [2.45, 2.75) is 26.8 Å². The van der Waals surface area contributed by atoms with Gasteiger partial charge < -0.3 is 0 Å². The Balaban J connectivity index is 2.94. The van der Waals surface area contributed by atoms with Crippen LogP contribution in [-0.2, 0) is 10.0 Å². The normalized spacial score (nSPS) is 11.8. The Morgan fingerprint density at radius 2 is 2.19 bits per heavy atom. The van der Waals surface area contributed by atoms with Crippen LogP contribution in [0.4, 0.5) is 0 Å². The van der Waals surface area contributed by atoms with Crippen LogP contribution in [0.5, 0.6) is 0 Å². The van der Waals surface area contributed by atoms with Crippen molar-refractivity contribution in [1.29, 1.82) is 0 Å². The van der Waals surface area contributed by atoms with Crippen LogP contribution >= 0.6 is 0 Å². The molecule has 0 aliphatic heterocycles. The van der Waals surface area contributed by atoms with Crippen LogP contribution in [0.25, 0.3) is 0 Å². The highest BCUT2D eigenvalue weighted by Crippen LogP contribution is 2.07. The van der Waals surface area contributed by atoms with E-state index in [0.29, 0.717) is 0 Å². The minimum absolute atomic E-state index is 0.0000746. The van der Waals surface area contributed by atoms with E-state index in [4.69, 9.17) is 0 Å². The van der Waals surface area contributed by atoms with Crippen LogP contribution in [0.3, 0.4) is 0 Å². The molecule has 0 unspecified atom stereocenters. The molecule has 0 aliphatic carbocycles. The summed E-state index contributed by atoms with van der Waals surface area (Å²) in [5.74, 6) is -0.776. The molecule has 0 aliphatic rings. The maximum atomic E-state index is 11.7. The van der Waals surface area contributed by atoms with Gasteiger partial charge in [-0.25, -0.2) is 13.1 Å². The smallest absolute Gasteiger partial charge is 0.266 e. The van der Waals surface area contributed by atoms with Gasteiger partial charge in [0.1, 0.15) is 5.69 Å². The molecule has 1 aromatic rings. The number of carbonyl (C=O) groups excluding carboxylic acids is 1. The summed E-state index contributed by atoms with van der Waals surface area (Å²) >= 11 is 0. The SMILES string of the molecule is CCS(=O)(=O)NC(=O)c1ccnn1C(C)C. The van der Waals surface area contributed by atoms with Crippen molar-refractivity contribution < 1.29 is 13.2 Å². The zero-order chi connectivity index (χ0) is 12.3. The first-order valence-electron chi connectivity index (χ1n) is 4.95. The van der Waals surface area contributed by atoms with E-state index in [9.17, 15) is 13.2 Å². The summed E-state index contributed by atoms with van der Waals surface area (Å²) in [7, 11) is -3.53. The largest absolute Gasteiger partial charge is 0.282 e. The average Bonchev–Trinajstić information content (AvgIpc) is 2.65. The highest BCUT2D eigenvalue weighted by molar-refractivity contribution is 7.90. The standard InChI is InChI=1S/C9H15N3O3S/c1-4-16(14,15)11-9(13)8-5-6-10-12(8)7(2)3/h5-7H,4H2,1-3H3,(H,11,13). The van der Waals surface area contributed by atoms with E-state index < -0.39 is 15.9 Å². The first-order valence-corrected chi connectivity index (χ1v) is 6.61. The molecule has 0 saturated heterocycles. The van der Waals surface area contributed by atoms with Gasteiger partial charge in [-0.05, 0) is 26.8 Å². The maximum Gasteiger partial charge on any atom is 0.282 e. The zero-order valence-corrected chi connectivity index (χ0v) is 10.3. The number of nitrogens with one attached hydrogen (secondary N) is 1. The number of hydrogen-bond acceptors (Lipinski definition) is 4. The Kier molecular flexibility index (Phi) is 3.69. The third kappa shape index (κ3) is 2.82. The fourth-order valence-electron chi connectivity index (χ4n) is 1.17. The molecule has 0 spiro atoms. The first-order chi connectivity index (χ1) is 7.37. The monoisotopic (exact) mass is 245 g/mol. The average molecular weight is 245 g/mol. The molecule has 0 fully saturated rings. The summed E-state index contributed by atoms with van der Waals surface area (Å²) in [6.45, 7) is 5.19. The highest BCUT2D eigenvalue weighted by Gasteiger charge is 2.18. The van der Waals surface area contributed by atoms with E-state index in [-0.39, 0.29) is 17.5 Å². The van der Waals surface area contributed by atoms with E-state index in [1.54, 1.807) is 0 Å². The van der Waals surface area contributed by atoms with Gasteiger partial charge in [0, 0.05) is 12.2 Å². The van der Waals surface area contributed by atoms with Gasteiger partial charge in [-0.1, -0.05) is 0 Å². The van der Waals surface area contributed by atoms with Crippen molar-refractivity contribution in [1.82, 2.24) is 14.5 Å². The quantitative estimate of drug-likeness (QED) is 0.839. The maximum absolute atomic E-state index is 11.7. The fraction of sp³-hybridized carbons (Fsp3) is 0.556. The number of nitrogens with zero attached hydrogens (tertiary/aromatic N) is 2. The van der Waals surface area contributed by atoms with Crippen molar-refractivity contribution >= 4 is 15.9 Å². The van der Waals surface area contributed by atoms with Gasteiger partial charge >= 0.3 is 0 Å². The van der Waals surface area contributed by atoms with Gasteiger partial charge in [0.2, 0.25) is 10.0 Å². The van der Waals surface area contributed by atoms with Crippen LogP contribution in [-0.4, -0.2) is 29.9 Å². The number of carbonyl (C=O) groups is 1. The summed E-state index contributed by atoms with van der Waals surface area (Å²) in [6, 6.07) is 1.49. The Bertz CT molecular complexity index is 476. The number of hydrogen-bond donors (Lipinski definition) is 1. The molecule has 7 heteroatoms. The molecule has 90 valence electrons. The Morgan fingerprint density at radius 1 is 1.56 bits per heavy atom. The third-order valence-corrected chi connectivity index (χ3v) is 3.28. The minimum atomic E-state index is -3.53. The molecule has 1 heterocycles. The lowest BCUT2D eigenvalue weighted by molar-refractivity contribution is 0.0969. The lowest BCUT2D eigenvalue weighted by Crippen LogP contribution is -2.33. The number of rotatable bonds is 4. The summed E-state index contributed by atoms with van der Waals surface area (Å²) in [4.78, 5) is 11.7. The lowest BCUT2D eigenvalue weighted by Gasteiger charge is -2.10. The molecule has 0 radical (unpaired) electrons. The van der Waals surface area contributed by atoms with E-state index >= 15 is 0 Å². The van der Waals surface area contributed by atoms with Crippen molar-refractivity contribution in [2.75, 3.05) is 5.75 Å². The third-order valence-electron chi connectivity index (χ3n) is 2.02. The summed E-state index contributed by atoms with van der Waals surface area (Å²) < 4.78 is 25.9. The van der Waals surface area contributed by atoms with E-state index in [2.05, 4.69) is 5.10 Å². The summed E-state index contributed by atoms with van der Waals surface area (Å²) in [5, 5.41) is 3.95. The number of amides is 1. The Morgan fingerprint density at radius 3 is 2.69 bits per heavy atom. The van der Waals surface area contributed by atoms with E-state index in [0.717, 1.165) is 0 Å². The van der Waals surface area contributed by atoms with Crippen LogP contribution in [0.1, 0.15) is 37.3 Å². The molecular formula is C9H15N3O3S. The molecule has 0 saturated carbocycles. The van der Waals surface area contributed by atoms with Gasteiger partial charge in [0.15, 0.2) is 0 Å². The van der Waals surface area contributed by atoms with Gasteiger partial charge in [-0.15, -0.1) is 0 Å². The van der Waals surface area contributed by atoms with Crippen molar-refractivity contribution in [3.05, 3.63) is 18.0 Å². The molecular weight excluding hydrogens is 230 g/mol. The molecule has 1 amide bonds. The molecule has 1 rings (SSSR count). The zero-order valence-electron chi connectivity index (χ0n) is 9.47.